The molecule has 0 atom stereocenters. The van der Waals surface area contributed by atoms with Crippen molar-refractivity contribution in [1.82, 2.24) is 20.2 Å². The Balaban J connectivity index is 1.70. The summed E-state index contributed by atoms with van der Waals surface area (Å²) < 4.78 is 0. The quantitative estimate of drug-likeness (QED) is 0.737. The molecule has 0 spiro atoms. The number of carbonyl (C=O) groups is 2. The van der Waals surface area contributed by atoms with Crippen LogP contribution in [0.25, 0.3) is 5.69 Å². The number of amides is 2. The van der Waals surface area contributed by atoms with Crippen LogP contribution in [0.1, 0.15) is 47.3 Å². The van der Waals surface area contributed by atoms with E-state index in [2.05, 4.69) is 41.5 Å². The number of nitrogens with zero attached hydrogens (tertiary/aromatic N) is 4. The van der Waals surface area contributed by atoms with Crippen LogP contribution < -0.4 is 11.1 Å². The minimum atomic E-state index is -0.748. The van der Waals surface area contributed by atoms with Gasteiger partial charge < -0.3 is 11.1 Å². The molecule has 0 bridgehead atoms. The molecule has 0 saturated carbocycles. The van der Waals surface area contributed by atoms with E-state index in [1.807, 2.05) is 24.3 Å². The van der Waals surface area contributed by atoms with E-state index in [1.54, 1.807) is 24.3 Å². The smallest absolute Gasteiger partial charge is 0.290 e. The van der Waals surface area contributed by atoms with E-state index < -0.39 is 5.91 Å². The number of nitrogens with two attached hydrogens (primary N) is 1. The molecule has 27 heavy (non-hydrogen) atoms. The summed E-state index contributed by atoms with van der Waals surface area (Å²) >= 11 is 0. The van der Waals surface area contributed by atoms with Gasteiger partial charge in [-0.3, -0.25) is 9.59 Å². The van der Waals surface area contributed by atoms with Crippen LogP contribution in [0.3, 0.4) is 0 Å². The number of carbonyl (C=O) groups excluding carboxylic acids is 2. The second-order valence-corrected chi connectivity index (χ2v) is 7.10. The van der Waals surface area contributed by atoms with Gasteiger partial charge in [-0.15, -0.1) is 15.0 Å². The van der Waals surface area contributed by atoms with Gasteiger partial charge in [-0.2, -0.15) is 0 Å². The molecule has 0 aliphatic heterocycles. The third kappa shape index (κ3) is 4.17. The Labute approximate surface area is 156 Å². The summed E-state index contributed by atoms with van der Waals surface area (Å²) in [7, 11) is 0. The van der Waals surface area contributed by atoms with E-state index in [9.17, 15) is 9.59 Å². The second kappa shape index (κ2) is 6.99. The van der Waals surface area contributed by atoms with Gasteiger partial charge in [0.25, 0.3) is 17.6 Å². The second-order valence-electron chi connectivity index (χ2n) is 7.10. The number of primary amides is 1. The van der Waals surface area contributed by atoms with Crippen molar-refractivity contribution in [2.45, 2.75) is 26.2 Å². The van der Waals surface area contributed by atoms with E-state index >= 15 is 0 Å². The molecular weight excluding hydrogens is 344 g/mol. The summed E-state index contributed by atoms with van der Waals surface area (Å²) in [6, 6.07) is 14.4. The van der Waals surface area contributed by atoms with Crippen LogP contribution in [0.2, 0.25) is 0 Å². The van der Waals surface area contributed by atoms with Crippen molar-refractivity contribution in [3.05, 3.63) is 65.5 Å². The van der Waals surface area contributed by atoms with Crippen molar-refractivity contribution < 1.29 is 9.59 Å². The minimum Gasteiger partial charge on any atom is -0.363 e. The first-order valence-corrected chi connectivity index (χ1v) is 8.36. The van der Waals surface area contributed by atoms with Gasteiger partial charge in [-0.1, -0.05) is 32.9 Å². The maximum atomic E-state index is 12.4. The fourth-order valence-corrected chi connectivity index (χ4v) is 2.43. The van der Waals surface area contributed by atoms with Crippen LogP contribution in [-0.4, -0.2) is 32.0 Å². The van der Waals surface area contributed by atoms with E-state index in [0.717, 1.165) is 0 Å². The van der Waals surface area contributed by atoms with Crippen molar-refractivity contribution in [3.8, 4) is 5.69 Å². The van der Waals surface area contributed by atoms with Gasteiger partial charge in [0.05, 0.1) is 5.69 Å². The molecule has 8 heteroatoms. The molecule has 8 nitrogen and oxygen atoms in total. The maximum absolute atomic E-state index is 12.4. The summed E-state index contributed by atoms with van der Waals surface area (Å²) in [4.78, 5) is 24.6. The van der Waals surface area contributed by atoms with Gasteiger partial charge in [-0.05, 0) is 52.6 Å². The van der Waals surface area contributed by atoms with E-state index in [-0.39, 0.29) is 17.1 Å². The zero-order valence-electron chi connectivity index (χ0n) is 15.3. The number of tetrazole rings is 1. The Morgan fingerprint density at radius 3 is 2.15 bits per heavy atom. The van der Waals surface area contributed by atoms with E-state index in [1.165, 1.54) is 10.4 Å². The van der Waals surface area contributed by atoms with Gasteiger partial charge in [0.2, 0.25) is 0 Å². The minimum absolute atomic E-state index is 0.0363. The molecule has 3 aromatic rings. The van der Waals surface area contributed by atoms with Crippen molar-refractivity contribution in [1.29, 1.82) is 0 Å². The molecule has 1 heterocycles. The lowest BCUT2D eigenvalue weighted by Crippen LogP contribution is -2.14. The summed E-state index contributed by atoms with van der Waals surface area (Å²) in [5.74, 6) is -1.10. The van der Waals surface area contributed by atoms with Crippen LogP contribution in [0.4, 0.5) is 5.69 Å². The fourth-order valence-electron chi connectivity index (χ4n) is 2.43. The molecule has 0 aliphatic rings. The number of hydrogen-bond donors (Lipinski definition) is 2. The maximum Gasteiger partial charge on any atom is 0.290 e. The van der Waals surface area contributed by atoms with Gasteiger partial charge in [0, 0.05) is 11.3 Å². The van der Waals surface area contributed by atoms with Crippen LogP contribution in [0.15, 0.2) is 48.5 Å². The topological polar surface area (TPSA) is 116 Å². The Morgan fingerprint density at radius 1 is 1.00 bits per heavy atom. The molecule has 0 saturated heterocycles. The van der Waals surface area contributed by atoms with Gasteiger partial charge in [0.15, 0.2) is 0 Å². The number of hydrogen-bond acceptors (Lipinski definition) is 5. The SMILES string of the molecule is CC(C)(C)c1ccc(C(=O)Nc2ccc(-n3nnc(C(N)=O)n3)cc2)cc1. The molecule has 0 fully saturated rings. The van der Waals surface area contributed by atoms with Gasteiger partial charge in [0.1, 0.15) is 0 Å². The average molecular weight is 364 g/mol. The molecule has 0 unspecified atom stereocenters. The Bertz CT molecular complexity index is 969. The summed E-state index contributed by atoms with van der Waals surface area (Å²) in [5.41, 5.74) is 8.10. The Hall–Kier alpha value is -3.55. The monoisotopic (exact) mass is 364 g/mol. The molecule has 2 amide bonds. The predicted molar refractivity (Wildman–Crippen MR) is 101 cm³/mol. The normalized spacial score (nSPS) is 11.2. The lowest BCUT2D eigenvalue weighted by Gasteiger charge is -2.19. The first-order valence-electron chi connectivity index (χ1n) is 8.36. The molecule has 0 aliphatic carbocycles. The van der Waals surface area contributed by atoms with Crippen LogP contribution in [0, 0.1) is 0 Å². The van der Waals surface area contributed by atoms with Crippen LogP contribution in [0.5, 0.6) is 0 Å². The van der Waals surface area contributed by atoms with Crippen molar-refractivity contribution >= 4 is 17.5 Å². The van der Waals surface area contributed by atoms with E-state index in [4.69, 9.17) is 5.73 Å². The average Bonchev–Trinajstić information content (AvgIpc) is 3.12. The molecule has 138 valence electrons. The summed E-state index contributed by atoms with van der Waals surface area (Å²) in [6.45, 7) is 6.38. The third-order valence-corrected chi connectivity index (χ3v) is 4.00. The molecule has 0 radical (unpaired) electrons. The first-order chi connectivity index (χ1) is 12.7. The molecule has 3 rings (SSSR count). The molecule has 2 aromatic carbocycles. The highest BCUT2D eigenvalue weighted by Crippen LogP contribution is 2.22. The lowest BCUT2D eigenvalue weighted by molar-refractivity contribution is 0.0988. The number of benzene rings is 2. The number of anilines is 1. The van der Waals surface area contributed by atoms with E-state index in [0.29, 0.717) is 16.9 Å². The Kier molecular flexibility index (Phi) is 4.72. The predicted octanol–water partition coefficient (Wildman–Crippen LogP) is 2.31. The fraction of sp³-hybridized carbons (Fsp3) is 0.211. The summed E-state index contributed by atoms with van der Waals surface area (Å²) in [6.07, 6.45) is 0. The summed E-state index contributed by atoms with van der Waals surface area (Å²) in [5, 5.41) is 14.0. The van der Waals surface area contributed by atoms with Crippen molar-refractivity contribution in [3.63, 3.8) is 0 Å². The zero-order chi connectivity index (χ0) is 19.6. The highest BCUT2D eigenvalue weighted by molar-refractivity contribution is 6.04. The van der Waals surface area contributed by atoms with Crippen LogP contribution in [-0.2, 0) is 5.41 Å². The number of rotatable bonds is 4. The number of nitrogens with one attached hydrogen (secondary N) is 1. The first kappa shape index (κ1) is 18.2. The number of aromatic nitrogens is 4. The third-order valence-electron chi connectivity index (χ3n) is 4.00. The zero-order valence-corrected chi connectivity index (χ0v) is 15.3. The lowest BCUT2D eigenvalue weighted by atomic mass is 9.87. The molecule has 3 N–H and O–H groups in total. The van der Waals surface area contributed by atoms with Crippen molar-refractivity contribution in [2.75, 3.05) is 5.32 Å². The standard InChI is InChI=1S/C19H20N6O2/c1-19(2,3)13-6-4-12(5-7-13)18(27)21-14-8-10-15(11-9-14)25-23-17(16(20)26)22-24-25/h4-11H,1-3H3,(H2,20,26)(H,21,27). The molecular formula is C19H20N6O2. The highest BCUT2D eigenvalue weighted by atomic mass is 16.2. The van der Waals surface area contributed by atoms with Gasteiger partial charge >= 0.3 is 0 Å². The van der Waals surface area contributed by atoms with Gasteiger partial charge in [-0.25, -0.2) is 0 Å². The highest BCUT2D eigenvalue weighted by Gasteiger charge is 2.14. The van der Waals surface area contributed by atoms with Crippen LogP contribution >= 0.6 is 0 Å². The Morgan fingerprint density at radius 2 is 1.63 bits per heavy atom. The molecule has 1 aromatic heterocycles. The van der Waals surface area contributed by atoms with Crippen molar-refractivity contribution in [2.24, 2.45) is 5.73 Å². The largest absolute Gasteiger partial charge is 0.363 e.